The van der Waals surface area contributed by atoms with Gasteiger partial charge in [0.05, 0.1) is 12.6 Å². The summed E-state index contributed by atoms with van der Waals surface area (Å²) in [5.74, 6) is -0.200. The zero-order valence-electron chi connectivity index (χ0n) is 16.7. The average molecular weight is 366 g/mol. The third-order valence-electron chi connectivity index (χ3n) is 4.19. The van der Waals surface area contributed by atoms with Gasteiger partial charge in [0.1, 0.15) is 0 Å². The molecule has 0 atom stereocenters. The molecule has 0 amide bonds. The van der Waals surface area contributed by atoms with Crippen molar-refractivity contribution in [2.75, 3.05) is 7.11 Å². The minimum absolute atomic E-state index is 0.213. The van der Waals surface area contributed by atoms with Crippen LogP contribution in [0.5, 0.6) is 5.75 Å². The number of rotatable bonds is 7. The summed E-state index contributed by atoms with van der Waals surface area (Å²) in [5, 5.41) is 0.845. The molecule has 142 valence electrons. The van der Waals surface area contributed by atoms with Crippen molar-refractivity contribution in [3.63, 3.8) is 0 Å². The Labute approximate surface area is 161 Å². The molecular weight excluding hydrogens is 339 g/mol. The van der Waals surface area contributed by atoms with Crippen molar-refractivity contribution >= 4 is 22.2 Å². The van der Waals surface area contributed by atoms with Crippen LogP contribution < -0.4 is 4.74 Å². The first-order valence-corrected chi connectivity index (χ1v) is 9.17. The van der Waals surface area contributed by atoms with Crippen LogP contribution >= 0.6 is 0 Å². The second-order valence-electron chi connectivity index (χ2n) is 6.43. The van der Waals surface area contributed by atoms with Gasteiger partial charge in [-0.25, -0.2) is 4.39 Å². The number of halogens is 1. The summed E-state index contributed by atoms with van der Waals surface area (Å²) in [4.78, 5) is 8.97. The smallest absolute Gasteiger partial charge is 0.167 e. The van der Waals surface area contributed by atoms with Gasteiger partial charge in [0, 0.05) is 29.6 Å². The third-order valence-corrected chi connectivity index (χ3v) is 4.19. The highest BCUT2D eigenvalue weighted by Gasteiger charge is 2.10. The zero-order valence-corrected chi connectivity index (χ0v) is 16.7. The summed E-state index contributed by atoms with van der Waals surface area (Å²) < 4.78 is 19.1. The molecule has 1 aromatic carbocycles. The van der Waals surface area contributed by atoms with Gasteiger partial charge in [0.2, 0.25) is 0 Å². The van der Waals surface area contributed by atoms with E-state index in [2.05, 4.69) is 31.0 Å². The molecule has 0 aliphatic rings. The van der Waals surface area contributed by atoms with Gasteiger partial charge in [-0.2, -0.15) is 0 Å². The molecule has 0 N–H and O–H groups in total. The topological polar surface area (TPSA) is 34.5 Å². The third kappa shape index (κ3) is 5.36. The van der Waals surface area contributed by atoms with Crippen molar-refractivity contribution in [1.29, 1.82) is 0 Å². The SMILES string of the molecule is C\C=C/C(C)=C\C(CCC)=N\C=C(/C)c1ccnc2cc(F)c(OC)cc12. The first kappa shape index (κ1) is 20.6. The lowest BCUT2D eigenvalue weighted by Gasteiger charge is -2.09. The number of fused-ring (bicyclic) bond motifs is 1. The van der Waals surface area contributed by atoms with E-state index in [1.165, 1.54) is 18.7 Å². The maximum atomic E-state index is 14.0. The van der Waals surface area contributed by atoms with E-state index >= 15 is 0 Å². The molecule has 0 saturated carbocycles. The lowest BCUT2D eigenvalue weighted by molar-refractivity contribution is 0.387. The van der Waals surface area contributed by atoms with E-state index in [1.807, 2.05) is 32.2 Å². The highest BCUT2D eigenvalue weighted by Crippen LogP contribution is 2.29. The first-order valence-electron chi connectivity index (χ1n) is 9.17. The van der Waals surface area contributed by atoms with E-state index in [9.17, 15) is 4.39 Å². The van der Waals surface area contributed by atoms with E-state index in [1.54, 1.807) is 12.3 Å². The fraction of sp³-hybridized carbons (Fsp3) is 0.304. The van der Waals surface area contributed by atoms with Gasteiger partial charge in [0.25, 0.3) is 0 Å². The summed E-state index contributed by atoms with van der Waals surface area (Å²) in [7, 11) is 1.46. The van der Waals surface area contributed by atoms with Crippen LogP contribution in [0.2, 0.25) is 0 Å². The van der Waals surface area contributed by atoms with Gasteiger partial charge in [0.15, 0.2) is 11.6 Å². The molecule has 1 heterocycles. The van der Waals surface area contributed by atoms with Crippen molar-refractivity contribution in [2.45, 2.75) is 40.5 Å². The summed E-state index contributed by atoms with van der Waals surface area (Å²) >= 11 is 0. The Balaban J connectivity index is 2.48. The number of methoxy groups -OCH3 is 1. The number of benzene rings is 1. The van der Waals surface area contributed by atoms with Gasteiger partial charge >= 0.3 is 0 Å². The quantitative estimate of drug-likeness (QED) is 0.414. The van der Waals surface area contributed by atoms with Crippen molar-refractivity contribution in [3.8, 4) is 5.75 Å². The van der Waals surface area contributed by atoms with E-state index in [4.69, 9.17) is 9.73 Å². The molecule has 1 aromatic heterocycles. The van der Waals surface area contributed by atoms with Crippen molar-refractivity contribution in [1.82, 2.24) is 4.98 Å². The molecule has 0 unspecified atom stereocenters. The second kappa shape index (κ2) is 9.81. The highest BCUT2D eigenvalue weighted by molar-refractivity contribution is 5.97. The van der Waals surface area contributed by atoms with Crippen molar-refractivity contribution < 1.29 is 9.13 Å². The Bertz CT molecular complexity index is 923. The number of hydrogen-bond acceptors (Lipinski definition) is 3. The van der Waals surface area contributed by atoms with E-state index < -0.39 is 5.82 Å². The van der Waals surface area contributed by atoms with Crippen molar-refractivity contribution in [3.05, 3.63) is 65.8 Å². The number of nitrogens with zero attached hydrogens (tertiary/aromatic N) is 2. The standard InChI is InChI=1S/C23H27FN2O/c1-6-8-16(3)12-18(9-7-2)26-15-17(4)19-10-11-25-22-14-21(24)23(27-5)13-20(19)22/h6,8,10-15H,7,9H2,1-5H3/b8-6-,16-12-,17-15+,26-18+. The molecule has 0 aliphatic heterocycles. The Morgan fingerprint density at radius 2 is 2.07 bits per heavy atom. The maximum Gasteiger partial charge on any atom is 0.167 e. The molecule has 2 aromatic rings. The van der Waals surface area contributed by atoms with Crippen LogP contribution in [-0.4, -0.2) is 17.8 Å². The Morgan fingerprint density at radius 3 is 2.74 bits per heavy atom. The van der Waals surface area contributed by atoms with Crippen molar-refractivity contribution in [2.24, 2.45) is 4.99 Å². The predicted molar refractivity (Wildman–Crippen MR) is 113 cm³/mol. The minimum atomic E-state index is -0.413. The molecule has 0 saturated heterocycles. The van der Waals surface area contributed by atoms with Gasteiger partial charge < -0.3 is 4.74 Å². The van der Waals surface area contributed by atoms with Gasteiger partial charge in [-0.1, -0.05) is 25.5 Å². The molecule has 2 rings (SSSR count). The highest BCUT2D eigenvalue weighted by atomic mass is 19.1. The zero-order chi connectivity index (χ0) is 19.8. The first-order chi connectivity index (χ1) is 13.0. The molecule has 0 radical (unpaired) electrons. The molecule has 0 bridgehead atoms. The van der Waals surface area contributed by atoms with Crippen LogP contribution in [0.4, 0.5) is 4.39 Å². The predicted octanol–water partition coefficient (Wildman–Crippen LogP) is 6.51. The molecule has 3 nitrogen and oxygen atoms in total. The number of pyridine rings is 1. The van der Waals surface area contributed by atoms with Gasteiger partial charge in [-0.05, 0) is 62.1 Å². The van der Waals surface area contributed by atoms with Crippen LogP contribution in [0.15, 0.2) is 59.4 Å². The summed E-state index contributed by atoms with van der Waals surface area (Å²) in [6.45, 7) is 8.21. The van der Waals surface area contributed by atoms with Crippen LogP contribution in [0, 0.1) is 5.82 Å². The molecule has 4 heteroatoms. The Hall–Kier alpha value is -2.75. The van der Waals surface area contributed by atoms with Gasteiger partial charge in [-0.15, -0.1) is 0 Å². The Morgan fingerprint density at radius 1 is 1.30 bits per heavy atom. The number of ether oxygens (including phenoxy) is 1. The van der Waals surface area contributed by atoms with Crippen LogP contribution in [0.3, 0.4) is 0 Å². The average Bonchev–Trinajstić information content (AvgIpc) is 2.65. The monoisotopic (exact) mass is 366 g/mol. The normalized spacial score (nSPS) is 13.6. The summed E-state index contributed by atoms with van der Waals surface area (Å²) in [6, 6.07) is 5.01. The van der Waals surface area contributed by atoms with E-state index in [0.717, 1.165) is 35.1 Å². The summed E-state index contributed by atoms with van der Waals surface area (Å²) in [5.41, 5.74) is 4.76. The second-order valence-corrected chi connectivity index (χ2v) is 6.43. The van der Waals surface area contributed by atoms with E-state index in [0.29, 0.717) is 5.52 Å². The fourth-order valence-corrected chi connectivity index (χ4v) is 2.90. The number of aromatic nitrogens is 1. The lowest BCUT2D eigenvalue weighted by Crippen LogP contribution is -1.94. The molecule has 0 spiro atoms. The fourth-order valence-electron chi connectivity index (χ4n) is 2.90. The molecular formula is C23H27FN2O. The largest absolute Gasteiger partial charge is 0.494 e. The van der Waals surface area contributed by atoms with Crippen LogP contribution in [-0.2, 0) is 0 Å². The van der Waals surface area contributed by atoms with Crippen LogP contribution in [0.1, 0.15) is 46.1 Å². The molecule has 0 fully saturated rings. The molecule has 0 aliphatic carbocycles. The maximum absolute atomic E-state index is 14.0. The minimum Gasteiger partial charge on any atom is -0.494 e. The number of allylic oxidation sites excluding steroid dienone is 5. The lowest BCUT2D eigenvalue weighted by atomic mass is 10.0. The summed E-state index contributed by atoms with van der Waals surface area (Å²) in [6.07, 6.45) is 11.7. The Kier molecular flexibility index (Phi) is 7.47. The van der Waals surface area contributed by atoms with Gasteiger partial charge in [-0.3, -0.25) is 9.98 Å². The molecule has 27 heavy (non-hydrogen) atoms. The van der Waals surface area contributed by atoms with E-state index in [-0.39, 0.29) is 5.75 Å². The number of hydrogen-bond donors (Lipinski definition) is 0. The number of aliphatic imine (C=N–C) groups is 1. The van der Waals surface area contributed by atoms with Crippen LogP contribution in [0.25, 0.3) is 16.5 Å².